The Morgan fingerprint density at radius 1 is 1.24 bits per heavy atom. The zero-order valence-corrected chi connectivity index (χ0v) is 16.0. The first kappa shape index (κ1) is 19.6. The van der Waals surface area contributed by atoms with Gasteiger partial charge in [-0.1, -0.05) is 31.5 Å². The third-order valence-corrected chi connectivity index (χ3v) is 5.63. The van der Waals surface area contributed by atoms with Crippen LogP contribution in [-0.4, -0.2) is 47.0 Å². The molecule has 3 amide bonds. The Kier molecular flexibility index (Phi) is 8.12. The van der Waals surface area contributed by atoms with Gasteiger partial charge >= 0.3 is 6.03 Å². The number of carbonyl (C=O) groups is 2. The zero-order valence-electron chi connectivity index (χ0n) is 15.2. The molecular weight excluding hydrogens is 334 g/mol. The molecule has 1 fully saturated rings. The molecule has 1 atom stereocenters. The minimum absolute atomic E-state index is 0.00837. The molecule has 0 aromatic heterocycles. The number of nitrogens with one attached hydrogen (secondary N) is 2. The predicted octanol–water partition coefficient (Wildman–Crippen LogP) is 3.72. The number of thioether (sulfide) groups is 1. The van der Waals surface area contributed by atoms with Crippen molar-refractivity contribution in [3.8, 4) is 0 Å². The molecule has 138 valence electrons. The lowest BCUT2D eigenvalue weighted by atomic mass is 10.1. The van der Waals surface area contributed by atoms with Gasteiger partial charge in [-0.3, -0.25) is 4.79 Å². The van der Waals surface area contributed by atoms with E-state index in [1.807, 2.05) is 42.2 Å². The fourth-order valence-electron chi connectivity index (χ4n) is 2.75. The molecule has 5 nitrogen and oxygen atoms in total. The summed E-state index contributed by atoms with van der Waals surface area (Å²) in [5.74, 6) is 1.15. The zero-order chi connectivity index (χ0) is 18.1. The number of amides is 3. The van der Waals surface area contributed by atoms with E-state index in [0.717, 1.165) is 37.1 Å². The minimum atomic E-state index is -0.0699. The van der Waals surface area contributed by atoms with E-state index < -0.39 is 0 Å². The highest BCUT2D eigenvalue weighted by Crippen LogP contribution is 2.16. The summed E-state index contributed by atoms with van der Waals surface area (Å²) in [7, 11) is 0. The van der Waals surface area contributed by atoms with Crippen LogP contribution in [-0.2, 0) is 4.79 Å². The Morgan fingerprint density at radius 2 is 1.92 bits per heavy atom. The topological polar surface area (TPSA) is 61.4 Å². The third kappa shape index (κ3) is 6.61. The molecule has 0 aliphatic carbocycles. The van der Waals surface area contributed by atoms with E-state index in [1.54, 1.807) is 11.8 Å². The van der Waals surface area contributed by atoms with Crippen molar-refractivity contribution < 1.29 is 9.59 Å². The second-order valence-electron chi connectivity index (χ2n) is 6.43. The van der Waals surface area contributed by atoms with E-state index in [-0.39, 0.29) is 23.2 Å². The normalized spacial score (nSPS) is 16.3. The van der Waals surface area contributed by atoms with Gasteiger partial charge in [-0.2, -0.15) is 0 Å². The SMILES string of the molecule is CCCCSC(C)C(=O)NC1CCN(C(=O)Nc2ccccc2)CC1. The number of likely N-dealkylation sites (tertiary alicyclic amines) is 1. The molecule has 0 radical (unpaired) electrons. The first-order chi connectivity index (χ1) is 12.1. The number of urea groups is 1. The molecule has 1 aliphatic rings. The fourth-order valence-corrected chi connectivity index (χ4v) is 3.78. The molecule has 1 unspecified atom stereocenters. The molecule has 2 rings (SSSR count). The van der Waals surface area contributed by atoms with Crippen LogP contribution in [0.15, 0.2) is 30.3 Å². The smallest absolute Gasteiger partial charge is 0.321 e. The Hall–Kier alpha value is -1.69. The van der Waals surface area contributed by atoms with Crippen LogP contribution in [0, 0.1) is 0 Å². The maximum atomic E-state index is 12.3. The average Bonchev–Trinajstić information content (AvgIpc) is 2.63. The van der Waals surface area contributed by atoms with E-state index >= 15 is 0 Å². The molecule has 25 heavy (non-hydrogen) atoms. The highest BCUT2D eigenvalue weighted by molar-refractivity contribution is 8.00. The molecule has 1 heterocycles. The lowest BCUT2D eigenvalue weighted by Crippen LogP contribution is -2.49. The summed E-state index contributed by atoms with van der Waals surface area (Å²) in [6, 6.07) is 9.58. The second-order valence-corrected chi connectivity index (χ2v) is 7.88. The molecule has 6 heteroatoms. The first-order valence-electron chi connectivity index (χ1n) is 9.13. The van der Waals surface area contributed by atoms with E-state index in [0.29, 0.717) is 13.1 Å². The van der Waals surface area contributed by atoms with Gasteiger partial charge in [0.25, 0.3) is 0 Å². The summed E-state index contributed by atoms with van der Waals surface area (Å²) in [5, 5.41) is 6.04. The number of nitrogens with zero attached hydrogens (tertiary/aromatic N) is 1. The van der Waals surface area contributed by atoms with Gasteiger partial charge in [0.15, 0.2) is 0 Å². The fraction of sp³-hybridized carbons (Fsp3) is 0.579. The van der Waals surface area contributed by atoms with Crippen molar-refractivity contribution in [3.63, 3.8) is 0 Å². The van der Waals surface area contributed by atoms with Crippen LogP contribution >= 0.6 is 11.8 Å². The van der Waals surface area contributed by atoms with Gasteiger partial charge in [0, 0.05) is 24.8 Å². The number of benzene rings is 1. The summed E-state index contributed by atoms with van der Waals surface area (Å²) in [6.07, 6.45) is 3.92. The van der Waals surface area contributed by atoms with Gasteiger partial charge in [0.2, 0.25) is 5.91 Å². The first-order valence-corrected chi connectivity index (χ1v) is 10.2. The van der Waals surface area contributed by atoms with Crippen LogP contribution in [0.25, 0.3) is 0 Å². The van der Waals surface area contributed by atoms with Crippen molar-refractivity contribution in [1.82, 2.24) is 10.2 Å². The van der Waals surface area contributed by atoms with E-state index in [4.69, 9.17) is 0 Å². The van der Waals surface area contributed by atoms with Gasteiger partial charge in [0.1, 0.15) is 0 Å². The summed E-state index contributed by atoms with van der Waals surface area (Å²) >= 11 is 1.72. The largest absolute Gasteiger partial charge is 0.352 e. The Labute approximate surface area is 154 Å². The summed E-state index contributed by atoms with van der Waals surface area (Å²) < 4.78 is 0. The lowest BCUT2D eigenvalue weighted by molar-refractivity contribution is -0.121. The summed E-state index contributed by atoms with van der Waals surface area (Å²) in [6.45, 7) is 5.47. The van der Waals surface area contributed by atoms with E-state index in [2.05, 4.69) is 17.6 Å². The molecule has 0 saturated carbocycles. The molecule has 0 bridgehead atoms. The predicted molar refractivity (Wildman–Crippen MR) is 105 cm³/mol. The number of hydrogen-bond donors (Lipinski definition) is 2. The maximum absolute atomic E-state index is 12.3. The summed E-state index contributed by atoms with van der Waals surface area (Å²) in [5.41, 5.74) is 0.806. The van der Waals surface area contributed by atoms with Crippen molar-refractivity contribution in [3.05, 3.63) is 30.3 Å². The van der Waals surface area contributed by atoms with Crippen LogP contribution in [0.5, 0.6) is 0 Å². The van der Waals surface area contributed by atoms with Gasteiger partial charge in [-0.15, -0.1) is 11.8 Å². The highest BCUT2D eigenvalue weighted by Gasteiger charge is 2.25. The Morgan fingerprint density at radius 3 is 2.56 bits per heavy atom. The third-order valence-electron chi connectivity index (χ3n) is 4.39. The van der Waals surface area contributed by atoms with E-state index in [9.17, 15) is 9.59 Å². The van der Waals surface area contributed by atoms with Crippen LogP contribution in [0.4, 0.5) is 10.5 Å². The average molecular weight is 364 g/mol. The number of carbonyl (C=O) groups excluding carboxylic acids is 2. The molecule has 1 saturated heterocycles. The lowest BCUT2D eigenvalue weighted by Gasteiger charge is -2.32. The molecule has 1 aliphatic heterocycles. The van der Waals surface area contributed by atoms with Crippen molar-refractivity contribution in [2.45, 2.75) is 50.8 Å². The van der Waals surface area contributed by atoms with Crippen LogP contribution in [0.3, 0.4) is 0 Å². The molecule has 1 aromatic carbocycles. The quantitative estimate of drug-likeness (QED) is 0.726. The number of hydrogen-bond acceptors (Lipinski definition) is 3. The number of para-hydroxylation sites is 1. The van der Waals surface area contributed by atoms with Crippen LogP contribution < -0.4 is 10.6 Å². The number of unbranched alkanes of at least 4 members (excludes halogenated alkanes) is 1. The molecule has 1 aromatic rings. The van der Waals surface area contributed by atoms with Crippen LogP contribution in [0.1, 0.15) is 39.5 Å². The second kappa shape index (κ2) is 10.3. The highest BCUT2D eigenvalue weighted by atomic mass is 32.2. The van der Waals surface area contributed by atoms with Gasteiger partial charge < -0.3 is 15.5 Å². The Balaban J connectivity index is 1.70. The monoisotopic (exact) mass is 363 g/mol. The van der Waals surface area contributed by atoms with Crippen LogP contribution in [0.2, 0.25) is 0 Å². The number of piperidine rings is 1. The van der Waals surface area contributed by atoms with Crippen molar-refractivity contribution in [2.75, 3.05) is 24.2 Å². The van der Waals surface area contributed by atoms with Gasteiger partial charge in [0.05, 0.1) is 5.25 Å². The Bertz CT molecular complexity index is 545. The minimum Gasteiger partial charge on any atom is -0.352 e. The summed E-state index contributed by atoms with van der Waals surface area (Å²) in [4.78, 5) is 26.3. The standard InChI is InChI=1S/C19H29N3O2S/c1-3-4-14-25-15(2)18(23)20-17-10-12-22(13-11-17)19(24)21-16-8-6-5-7-9-16/h5-9,15,17H,3-4,10-14H2,1-2H3,(H,20,23)(H,21,24). The molecule has 0 spiro atoms. The molecule has 2 N–H and O–H groups in total. The van der Waals surface area contributed by atoms with Gasteiger partial charge in [-0.25, -0.2) is 4.79 Å². The number of rotatable bonds is 7. The van der Waals surface area contributed by atoms with Crippen molar-refractivity contribution in [1.29, 1.82) is 0 Å². The van der Waals surface area contributed by atoms with Crippen molar-refractivity contribution in [2.24, 2.45) is 0 Å². The number of anilines is 1. The molecular formula is C19H29N3O2S. The van der Waals surface area contributed by atoms with E-state index in [1.165, 1.54) is 0 Å². The van der Waals surface area contributed by atoms with Crippen molar-refractivity contribution >= 4 is 29.4 Å². The maximum Gasteiger partial charge on any atom is 0.321 e. The van der Waals surface area contributed by atoms with Gasteiger partial charge in [-0.05, 0) is 44.1 Å².